The van der Waals surface area contributed by atoms with E-state index in [0.717, 1.165) is 4.70 Å². The van der Waals surface area contributed by atoms with Crippen LogP contribution in [-0.4, -0.2) is 40.6 Å². The first-order valence-electron chi connectivity index (χ1n) is 5.72. The number of thiophene rings is 1. The van der Waals surface area contributed by atoms with E-state index in [0.29, 0.717) is 29.2 Å². The van der Waals surface area contributed by atoms with Gasteiger partial charge in [0.05, 0.1) is 17.0 Å². The van der Waals surface area contributed by atoms with E-state index in [1.807, 2.05) is 19.1 Å². The molecule has 0 saturated carbocycles. The number of carbonyl (C=O) groups is 1. The first-order chi connectivity index (χ1) is 8.69. The van der Waals surface area contributed by atoms with Crippen molar-refractivity contribution in [2.24, 2.45) is 0 Å². The van der Waals surface area contributed by atoms with Crippen molar-refractivity contribution in [3.8, 4) is 0 Å². The Bertz CT molecular complexity index is 567. The molecule has 2 aromatic heterocycles. The Morgan fingerprint density at radius 2 is 2.39 bits per heavy atom. The van der Waals surface area contributed by atoms with Gasteiger partial charge in [-0.1, -0.05) is 0 Å². The Morgan fingerprint density at radius 1 is 1.61 bits per heavy atom. The van der Waals surface area contributed by atoms with Gasteiger partial charge in [-0.25, -0.2) is 0 Å². The Labute approximate surface area is 109 Å². The fourth-order valence-electron chi connectivity index (χ4n) is 1.77. The lowest BCUT2D eigenvalue weighted by molar-refractivity contribution is 0.0738. The minimum atomic E-state index is -0.146. The van der Waals surface area contributed by atoms with E-state index < -0.39 is 0 Å². The molecule has 0 bridgehead atoms. The van der Waals surface area contributed by atoms with Gasteiger partial charge >= 0.3 is 0 Å². The second kappa shape index (κ2) is 5.32. The van der Waals surface area contributed by atoms with E-state index in [1.165, 1.54) is 11.3 Å². The van der Waals surface area contributed by atoms with E-state index >= 15 is 0 Å². The van der Waals surface area contributed by atoms with E-state index in [2.05, 4.69) is 4.98 Å². The van der Waals surface area contributed by atoms with Crippen LogP contribution < -0.4 is 5.73 Å². The standard InChI is InChI=1S/C12H15N3O2S/c1-2-15(6-7-16)12(17)11-9(13)10-8(18-11)4-3-5-14-10/h3-5,16H,2,6-7,13H2,1H3. The summed E-state index contributed by atoms with van der Waals surface area (Å²) in [5.74, 6) is -0.146. The number of hydrogen-bond acceptors (Lipinski definition) is 5. The van der Waals surface area contributed by atoms with Gasteiger partial charge in [-0.3, -0.25) is 9.78 Å². The van der Waals surface area contributed by atoms with Crippen molar-refractivity contribution in [3.63, 3.8) is 0 Å². The van der Waals surface area contributed by atoms with Crippen LogP contribution in [0.25, 0.3) is 10.2 Å². The zero-order valence-electron chi connectivity index (χ0n) is 10.1. The number of anilines is 1. The monoisotopic (exact) mass is 265 g/mol. The van der Waals surface area contributed by atoms with Gasteiger partial charge in [-0.15, -0.1) is 11.3 Å². The number of hydrogen-bond donors (Lipinski definition) is 2. The quantitative estimate of drug-likeness (QED) is 0.874. The van der Waals surface area contributed by atoms with Crippen LogP contribution in [0.15, 0.2) is 18.3 Å². The molecule has 96 valence electrons. The summed E-state index contributed by atoms with van der Waals surface area (Å²) >= 11 is 1.34. The van der Waals surface area contributed by atoms with Crippen LogP contribution in [0.3, 0.4) is 0 Å². The highest BCUT2D eigenvalue weighted by molar-refractivity contribution is 7.21. The van der Waals surface area contributed by atoms with Gasteiger partial charge in [0.15, 0.2) is 0 Å². The van der Waals surface area contributed by atoms with Crippen molar-refractivity contribution < 1.29 is 9.90 Å². The minimum absolute atomic E-state index is 0.0529. The van der Waals surface area contributed by atoms with E-state index in [-0.39, 0.29) is 12.5 Å². The molecule has 0 spiro atoms. The highest BCUT2D eigenvalue weighted by atomic mass is 32.1. The molecule has 0 radical (unpaired) electrons. The lowest BCUT2D eigenvalue weighted by Crippen LogP contribution is -2.33. The van der Waals surface area contributed by atoms with Crippen LogP contribution >= 0.6 is 11.3 Å². The van der Waals surface area contributed by atoms with Crippen LogP contribution in [0.4, 0.5) is 5.69 Å². The maximum Gasteiger partial charge on any atom is 0.266 e. The van der Waals surface area contributed by atoms with Crippen LogP contribution in [-0.2, 0) is 0 Å². The Hall–Kier alpha value is -1.66. The van der Waals surface area contributed by atoms with E-state index in [9.17, 15) is 4.79 Å². The number of aliphatic hydroxyl groups excluding tert-OH is 1. The first-order valence-corrected chi connectivity index (χ1v) is 6.53. The zero-order chi connectivity index (χ0) is 13.1. The second-order valence-electron chi connectivity index (χ2n) is 3.80. The van der Waals surface area contributed by atoms with Crippen molar-refractivity contribution in [1.29, 1.82) is 0 Å². The smallest absolute Gasteiger partial charge is 0.266 e. The van der Waals surface area contributed by atoms with Crippen molar-refractivity contribution in [2.75, 3.05) is 25.4 Å². The third kappa shape index (κ3) is 2.16. The van der Waals surface area contributed by atoms with Crippen molar-refractivity contribution in [3.05, 3.63) is 23.2 Å². The molecule has 0 aromatic carbocycles. The maximum atomic E-state index is 12.3. The molecule has 0 fully saturated rings. The van der Waals surface area contributed by atoms with Crippen LogP contribution in [0.5, 0.6) is 0 Å². The van der Waals surface area contributed by atoms with Gasteiger partial charge < -0.3 is 15.7 Å². The number of aliphatic hydroxyl groups is 1. The van der Waals surface area contributed by atoms with Crippen LogP contribution in [0.1, 0.15) is 16.6 Å². The van der Waals surface area contributed by atoms with Gasteiger partial charge in [-0.05, 0) is 19.1 Å². The van der Waals surface area contributed by atoms with E-state index in [4.69, 9.17) is 10.8 Å². The predicted molar refractivity (Wildman–Crippen MR) is 72.7 cm³/mol. The van der Waals surface area contributed by atoms with Crippen LogP contribution in [0.2, 0.25) is 0 Å². The van der Waals surface area contributed by atoms with Gasteiger partial charge in [0, 0.05) is 19.3 Å². The molecular formula is C12H15N3O2S. The lowest BCUT2D eigenvalue weighted by atomic mass is 10.3. The SMILES string of the molecule is CCN(CCO)C(=O)c1sc2cccnc2c1N. The molecule has 0 unspecified atom stereocenters. The topological polar surface area (TPSA) is 79.5 Å². The number of fused-ring (bicyclic) bond motifs is 1. The number of rotatable bonds is 4. The highest BCUT2D eigenvalue weighted by Crippen LogP contribution is 2.32. The molecule has 5 nitrogen and oxygen atoms in total. The molecular weight excluding hydrogens is 250 g/mol. The summed E-state index contributed by atoms with van der Waals surface area (Å²) in [5.41, 5.74) is 7.07. The third-order valence-corrected chi connectivity index (χ3v) is 3.86. The first kappa shape index (κ1) is 12.8. The Kier molecular flexibility index (Phi) is 3.78. The average molecular weight is 265 g/mol. The number of nitrogen functional groups attached to an aromatic ring is 1. The fourth-order valence-corrected chi connectivity index (χ4v) is 2.82. The molecule has 2 aromatic rings. The molecule has 2 rings (SSSR count). The number of pyridine rings is 1. The predicted octanol–water partition coefficient (Wildman–Crippen LogP) is 1.33. The molecule has 1 amide bonds. The normalized spacial score (nSPS) is 10.8. The minimum Gasteiger partial charge on any atom is -0.396 e. The largest absolute Gasteiger partial charge is 0.396 e. The zero-order valence-corrected chi connectivity index (χ0v) is 10.9. The lowest BCUT2D eigenvalue weighted by Gasteiger charge is -2.18. The fraction of sp³-hybridized carbons (Fsp3) is 0.333. The molecule has 3 N–H and O–H groups in total. The molecule has 0 aliphatic rings. The molecule has 6 heteroatoms. The summed E-state index contributed by atoms with van der Waals surface area (Å²) in [5, 5.41) is 8.94. The summed E-state index contributed by atoms with van der Waals surface area (Å²) in [7, 11) is 0. The number of nitrogens with two attached hydrogens (primary N) is 1. The number of nitrogens with zero attached hydrogens (tertiary/aromatic N) is 2. The number of amides is 1. The molecule has 0 saturated heterocycles. The molecule has 0 aliphatic carbocycles. The Morgan fingerprint density at radius 3 is 3.00 bits per heavy atom. The summed E-state index contributed by atoms with van der Waals surface area (Å²) in [6.45, 7) is 2.68. The molecule has 0 aliphatic heterocycles. The van der Waals surface area contributed by atoms with Gasteiger partial charge in [0.2, 0.25) is 0 Å². The summed E-state index contributed by atoms with van der Waals surface area (Å²) in [6, 6.07) is 3.71. The van der Waals surface area contributed by atoms with E-state index in [1.54, 1.807) is 11.1 Å². The maximum absolute atomic E-state index is 12.3. The van der Waals surface area contributed by atoms with Crippen LogP contribution in [0, 0.1) is 0 Å². The van der Waals surface area contributed by atoms with Crippen molar-refractivity contribution >= 4 is 33.1 Å². The van der Waals surface area contributed by atoms with Crippen molar-refractivity contribution in [1.82, 2.24) is 9.88 Å². The van der Waals surface area contributed by atoms with Gasteiger partial charge in [-0.2, -0.15) is 0 Å². The second-order valence-corrected chi connectivity index (χ2v) is 4.86. The summed E-state index contributed by atoms with van der Waals surface area (Å²) in [4.78, 5) is 18.5. The molecule has 0 atom stereocenters. The Balaban J connectivity index is 2.41. The highest BCUT2D eigenvalue weighted by Gasteiger charge is 2.21. The molecule has 18 heavy (non-hydrogen) atoms. The molecule has 2 heterocycles. The summed E-state index contributed by atoms with van der Waals surface area (Å²) in [6.07, 6.45) is 1.66. The summed E-state index contributed by atoms with van der Waals surface area (Å²) < 4.78 is 0.901. The van der Waals surface area contributed by atoms with Crippen molar-refractivity contribution in [2.45, 2.75) is 6.92 Å². The number of likely N-dealkylation sites (N-methyl/N-ethyl adjacent to an activating group) is 1. The number of carbonyl (C=O) groups excluding carboxylic acids is 1. The number of aromatic nitrogens is 1. The average Bonchev–Trinajstić information content (AvgIpc) is 2.73. The van der Waals surface area contributed by atoms with Gasteiger partial charge in [0.1, 0.15) is 10.4 Å². The van der Waals surface area contributed by atoms with Gasteiger partial charge in [0.25, 0.3) is 5.91 Å². The third-order valence-electron chi connectivity index (χ3n) is 2.72.